The van der Waals surface area contributed by atoms with Crippen molar-refractivity contribution < 1.29 is 14.3 Å². The summed E-state index contributed by atoms with van der Waals surface area (Å²) in [5, 5.41) is 2.66. The van der Waals surface area contributed by atoms with E-state index in [1.807, 2.05) is 6.92 Å². The van der Waals surface area contributed by atoms with Gasteiger partial charge in [-0.15, -0.1) is 0 Å². The normalized spacial score (nSPS) is 16.4. The van der Waals surface area contributed by atoms with E-state index in [1.165, 1.54) is 6.92 Å². The van der Waals surface area contributed by atoms with Crippen molar-refractivity contribution in [3.8, 4) is 0 Å². The molecule has 0 saturated heterocycles. The third-order valence-corrected chi connectivity index (χ3v) is 2.52. The zero-order valence-electron chi connectivity index (χ0n) is 11.2. The van der Waals surface area contributed by atoms with Gasteiger partial charge in [-0.25, -0.2) is 9.79 Å². The molecule has 1 amide bonds. The van der Waals surface area contributed by atoms with Crippen LogP contribution in [0.2, 0.25) is 0 Å². The largest absolute Gasteiger partial charge is 0.402 e. The summed E-state index contributed by atoms with van der Waals surface area (Å²) in [6, 6.07) is 6.91. The molecule has 0 saturated carbocycles. The minimum absolute atomic E-state index is 0.140. The molecule has 1 aliphatic rings. The average Bonchev–Trinajstić information content (AvgIpc) is 2.78. The standard InChI is InChI=1S/C15H14N2O3/c1-3-4-5-13-15(19)20-14(17-13)11-6-8-12(9-7-11)16-10(2)18/h3-9H,1-2H3,(H,16,18)/b4-3+,13-5-. The van der Waals surface area contributed by atoms with Crippen molar-refractivity contribution >= 4 is 23.5 Å². The SMILES string of the molecule is C/C=C/C=C1\N=C(c2ccc(NC(C)=O)cc2)OC1=O. The fourth-order valence-electron chi connectivity index (χ4n) is 1.63. The van der Waals surface area contributed by atoms with Crippen molar-refractivity contribution in [2.45, 2.75) is 13.8 Å². The van der Waals surface area contributed by atoms with Gasteiger partial charge in [0.2, 0.25) is 11.8 Å². The number of amides is 1. The molecule has 0 aliphatic carbocycles. The second kappa shape index (κ2) is 5.97. The monoisotopic (exact) mass is 270 g/mol. The molecule has 5 heteroatoms. The highest BCUT2D eigenvalue weighted by atomic mass is 16.6. The van der Waals surface area contributed by atoms with Crippen molar-refractivity contribution in [1.29, 1.82) is 0 Å². The van der Waals surface area contributed by atoms with E-state index in [0.29, 0.717) is 11.3 Å². The molecule has 1 aliphatic heterocycles. The number of nitrogens with one attached hydrogen (secondary N) is 1. The number of carbonyl (C=O) groups is 2. The van der Waals surface area contributed by atoms with E-state index in [-0.39, 0.29) is 17.5 Å². The van der Waals surface area contributed by atoms with E-state index in [1.54, 1.807) is 42.5 Å². The fourth-order valence-corrected chi connectivity index (χ4v) is 1.63. The first kappa shape index (κ1) is 13.7. The van der Waals surface area contributed by atoms with Crippen molar-refractivity contribution in [3.63, 3.8) is 0 Å². The topological polar surface area (TPSA) is 67.8 Å². The summed E-state index contributed by atoms with van der Waals surface area (Å²) < 4.78 is 5.10. The van der Waals surface area contributed by atoms with Crippen LogP contribution >= 0.6 is 0 Å². The van der Waals surface area contributed by atoms with Gasteiger partial charge >= 0.3 is 5.97 Å². The average molecular weight is 270 g/mol. The molecule has 0 atom stereocenters. The number of benzene rings is 1. The third kappa shape index (κ3) is 3.20. The van der Waals surface area contributed by atoms with Crippen LogP contribution in [0.1, 0.15) is 19.4 Å². The predicted octanol–water partition coefficient (Wildman–Crippen LogP) is 2.41. The molecule has 5 nitrogen and oxygen atoms in total. The zero-order valence-corrected chi connectivity index (χ0v) is 11.2. The van der Waals surface area contributed by atoms with Crippen LogP contribution in [-0.4, -0.2) is 17.8 Å². The van der Waals surface area contributed by atoms with E-state index in [0.717, 1.165) is 0 Å². The lowest BCUT2D eigenvalue weighted by Gasteiger charge is -2.03. The van der Waals surface area contributed by atoms with Crippen LogP contribution in [0.3, 0.4) is 0 Å². The van der Waals surface area contributed by atoms with Crippen LogP contribution < -0.4 is 5.32 Å². The van der Waals surface area contributed by atoms with Gasteiger partial charge in [0.25, 0.3) is 0 Å². The van der Waals surface area contributed by atoms with Crippen LogP contribution in [0.4, 0.5) is 5.69 Å². The van der Waals surface area contributed by atoms with Crippen LogP contribution in [0.15, 0.2) is 53.2 Å². The number of hydrogen-bond donors (Lipinski definition) is 1. The molecule has 102 valence electrons. The number of anilines is 1. The number of hydrogen-bond acceptors (Lipinski definition) is 4. The van der Waals surface area contributed by atoms with Crippen LogP contribution in [0, 0.1) is 0 Å². The van der Waals surface area contributed by atoms with Gasteiger partial charge in [-0.3, -0.25) is 4.79 Å². The Balaban J connectivity index is 2.20. The van der Waals surface area contributed by atoms with Gasteiger partial charge in [0, 0.05) is 18.2 Å². The maximum atomic E-state index is 11.6. The Hall–Kier alpha value is -2.69. The number of nitrogens with zero attached hydrogens (tertiary/aromatic N) is 1. The Bertz CT molecular complexity index is 625. The minimum Gasteiger partial charge on any atom is -0.402 e. The third-order valence-electron chi connectivity index (χ3n) is 2.52. The van der Waals surface area contributed by atoms with Crippen LogP contribution in [0.5, 0.6) is 0 Å². The molecule has 0 aromatic heterocycles. The molecular formula is C15H14N2O3. The number of cyclic esters (lactones) is 1. The molecule has 20 heavy (non-hydrogen) atoms. The number of carbonyl (C=O) groups excluding carboxylic acids is 2. The Morgan fingerprint density at radius 3 is 2.60 bits per heavy atom. The van der Waals surface area contributed by atoms with E-state index >= 15 is 0 Å². The highest BCUT2D eigenvalue weighted by molar-refractivity contribution is 6.11. The second-order valence-corrected chi connectivity index (χ2v) is 4.14. The van der Waals surface area contributed by atoms with Gasteiger partial charge < -0.3 is 10.1 Å². The maximum absolute atomic E-state index is 11.6. The molecule has 1 aromatic carbocycles. The van der Waals surface area contributed by atoms with E-state index in [2.05, 4.69) is 10.3 Å². The Morgan fingerprint density at radius 2 is 2.00 bits per heavy atom. The molecule has 2 rings (SSSR count). The van der Waals surface area contributed by atoms with Gasteiger partial charge in [-0.2, -0.15) is 0 Å². The Kier molecular flexibility index (Phi) is 4.10. The van der Waals surface area contributed by atoms with Gasteiger partial charge in [0.05, 0.1) is 0 Å². The molecule has 0 fully saturated rings. The van der Waals surface area contributed by atoms with Gasteiger partial charge in [-0.05, 0) is 37.3 Å². The maximum Gasteiger partial charge on any atom is 0.363 e. The summed E-state index contributed by atoms with van der Waals surface area (Å²) in [5.41, 5.74) is 1.62. The predicted molar refractivity (Wildman–Crippen MR) is 76.3 cm³/mol. The van der Waals surface area contributed by atoms with Crippen LogP contribution in [-0.2, 0) is 14.3 Å². The highest BCUT2D eigenvalue weighted by Crippen LogP contribution is 2.18. The summed E-state index contributed by atoms with van der Waals surface area (Å²) in [5.74, 6) is -0.344. The zero-order chi connectivity index (χ0) is 14.5. The summed E-state index contributed by atoms with van der Waals surface area (Å²) in [7, 11) is 0. The summed E-state index contributed by atoms with van der Waals surface area (Å²) >= 11 is 0. The lowest BCUT2D eigenvalue weighted by molar-refractivity contribution is -0.130. The number of rotatable bonds is 3. The lowest BCUT2D eigenvalue weighted by Crippen LogP contribution is -2.07. The molecule has 1 aromatic rings. The van der Waals surface area contributed by atoms with E-state index in [9.17, 15) is 9.59 Å². The van der Waals surface area contributed by atoms with Gasteiger partial charge in [-0.1, -0.05) is 12.2 Å². The molecule has 0 spiro atoms. The first-order valence-electron chi connectivity index (χ1n) is 6.12. The van der Waals surface area contributed by atoms with Crippen molar-refractivity contribution in [3.05, 3.63) is 53.8 Å². The van der Waals surface area contributed by atoms with Crippen molar-refractivity contribution in [1.82, 2.24) is 0 Å². The van der Waals surface area contributed by atoms with E-state index < -0.39 is 5.97 Å². The second-order valence-electron chi connectivity index (χ2n) is 4.14. The first-order chi connectivity index (χ1) is 9.60. The minimum atomic E-state index is -0.468. The Morgan fingerprint density at radius 1 is 1.30 bits per heavy atom. The van der Waals surface area contributed by atoms with Crippen LogP contribution in [0.25, 0.3) is 0 Å². The van der Waals surface area contributed by atoms with Gasteiger partial charge in [0.15, 0.2) is 5.70 Å². The first-order valence-corrected chi connectivity index (χ1v) is 6.12. The molecule has 1 heterocycles. The summed E-state index contributed by atoms with van der Waals surface area (Å²) in [6.45, 7) is 3.29. The quantitative estimate of drug-likeness (QED) is 0.677. The summed E-state index contributed by atoms with van der Waals surface area (Å²) in [4.78, 5) is 26.6. The summed E-state index contributed by atoms with van der Waals surface area (Å²) in [6.07, 6.45) is 5.12. The molecule has 0 radical (unpaired) electrons. The molecule has 1 N–H and O–H groups in total. The number of ether oxygens (including phenoxy) is 1. The molecular weight excluding hydrogens is 256 g/mol. The van der Waals surface area contributed by atoms with E-state index in [4.69, 9.17) is 4.74 Å². The number of allylic oxidation sites excluding steroid dienone is 3. The Labute approximate surface area is 116 Å². The van der Waals surface area contributed by atoms with Crippen molar-refractivity contribution in [2.24, 2.45) is 4.99 Å². The lowest BCUT2D eigenvalue weighted by atomic mass is 10.2. The fraction of sp³-hybridized carbons (Fsp3) is 0.133. The molecule has 0 unspecified atom stereocenters. The highest BCUT2D eigenvalue weighted by Gasteiger charge is 2.23. The number of aliphatic imine (C=N–C) groups is 1. The van der Waals surface area contributed by atoms with Crippen molar-refractivity contribution in [2.75, 3.05) is 5.32 Å². The smallest absolute Gasteiger partial charge is 0.363 e. The molecule has 0 bridgehead atoms. The van der Waals surface area contributed by atoms with Gasteiger partial charge in [0.1, 0.15) is 0 Å². The number of esters is 1.